The van der Waals surface area contributed by atoms with Gasteiger partial charge >= 0.3 is 12.8 Å². The molecule has 0 aromatic heterocycles. The van der Waals surface area contributed by atoms with Gasteiger partial charge in [-0.15, -0.1) is 0 Å². The molecule has 2 aromatic rings. The third-order valence-corrected chi connectivity index (χ3v) is 3.18. The second-order valence-electron chi connectivity index (χ2n) is 4.94. The zero-order valence-corrected chi connectivity index (χ0v) is 13.1. The number of hydrogen-bond donors (Lipinski definition) is 2. The van der Waals surface area contributed by atoms with E-state index >= 15 is 0 Å². The number of ether oxygens (including phenoxy) is 1. The van der Waals surface area contributed by atoms with Crippen LogP contribution in [0.15, 0.2) is 42.5 Å². The first-order valence-electron chi connectivity index (χ1n) is 7.05. The fourth-order valence-corrected chi connectivity index (χ4v) is 2.01. The van der Waals surface area contributed by atoms with Crippen LogP contribution in [0.4, 0.5) is 33.3 Å². The molecule has 0 aliphatic rings. The van der Waals surface area contributed by atoms with Crippen LogP contribution in [-0.4, -0.2) is 17.4 Å². The first-order chi connectivity index (χ1) is 12.6. The lowest BCUT2D eigenvalue weighted by atomic mass is 10.1. The number of rotatable bonds is 6. The summed E-state index contributed by atoms with van der Waals surface area (Å²) in [5.74, 6) is -1.45. The van der Waals surface area contributed by atoms with Gasteiger partial charge in [0, 0.05) is 6.07 Å². The Morgan fingerprint density at radius 3 is 2.41 bits per heavy atom. The number of nitrogens with zero attached hydrogens (tertiary/aromatic N) is 1. The van der Waals surface area contributed by atoms with E-state index in [1.54, 1.807) is 0 Å². The predicted molar refractivity (Wildman–Crippen MR) is 82.3 cm³/mol. The minimum absolute atomic E-state index is 0.294. The predicted octanol–water partition coefficient (Wildman–Crippen LogP) is 3.97. The zero-order valence-electron chi connectivity index (χ0n) is 13.1. The molecule has 144 valence electrons. The van der Waals surface area contributed by atoms with Crippen molar-refractivity contribution in [1.82, 2.24) is 5.43 Å². The molecule has 0 atom stereocenters. The van der Waals surface area contributed by atoms with E-state index in [1.165, 1.54) is 12.1 Å². The van der Waals surface area contributed by atoms with E-state index in [4.69, 9.17) is 0 Å². The molecule has 0 aliphatic carbocycles. The van der Waals surface area contributed by atoms with Gasteiger partial charge in [-0.25, -0.2) is 0 Å². The third-order valence-electron chi connectivity index (χ3n) is 3.18. The Balaban J connectivity index is 2.22. The molecule has 1 amide bonds. The first-order valence-corrected chi connectivity index (χ1v) is 7.05. The Morgan fingerprint density at radius 2 is 1.81 bits per heavy atom. The molecule has 7 nitrogen and oxygen atoms in total. The number of nitrogens with one attached hydrogen (secondary N) is 2. The monoisotopic (exact) mass is 391 g/mol. The maximum Gasteiger partial charge on any atom is 0.416 e. The van der Waals surface area contributed by atoms with Crippen molar-refractivity contribution in [3.8, 4) is 5.75 Å². The van der Waals surface area contributed by atoms with E-state index in [1.807, 2.05) is 5.43 Å². The Hall–Kier alpha value is -3.44. The van der Waals surface area contributed by atoms with Crippen LogP contribution >= 0.6 is 0 Å². The summed E-state index contributed by atoms with van der Waals surface area (Å²) >= 11 is 0. The molecule has 0 heterocycles. The third kappa shape index (κ3) is 5.03. The summed E-state index contributed by atoms with van der Waals surface area (Å²) in [6.45, 7) is -3.19. The van der Waals surface area contributed by atoms with Gasteiger partial charge in [0.2, 0.25) is 0 Å². The molecule has 0 spiro atoms. The van der Waals surface area contributed by atoms with Gasteiger partial charge in [0.1, 0.15) is 11.4 Å². The molecule has 0 aliphatic heterocycles. The first kappa shape index (κ1) is 19.9. The normalized spacial score (nSPS) is 11.2. The maximum absolute atomic E-state index is 12.7. The molecule has 2 aromatic carbocycles. The topological polar surface area (TPSA) is 93.5 Å². The molecule has 0 saturated heterocycles. The average molecular weight is 391 g/mol. The number of carbonyl (C=O) groups excluding carboxylic acids is 1. The van der Waals surface area contributed by atoms with E-state index in [0.717, 1.165) is 18.2 Å². The lowest BCUT2D eigenvalue weighted by Crippen LogP contribution is -2.30. The van der Waals surface area contributed by atoms with E-state index < -0.39 is 46.3 Å². The van der Waals surface area contributed by atoms with Gasteiger partial charge in [0.05, 0.1) is 16.1 Å². The number of nitro groups is 1. The fourth-order valence-electron chi connectivity index (χ4n) is 2.01. The quantitative estimate of drug-likeness (QED) is 0.442. The molecular weight excluding hydrogens is 381 g/mol. The highest BCUT2D eigenvalue weighted by molar-refractivity contribution is 5.97. The minimum atomic E-state index is -4.79. The Bertz CT molecular complexity index is 858. The maximum atomic E-state index is 12.7. The summed E-state index contributed by atoms with van der Waals surface area (Å²) in [6, 6.07) is 6.56. The number of nitro benzene ring substituents is 1. The number of carbonyl (C=O) groups is 1. The molecule has 2 rings (SSSR count). The van der Waals surface area contributed by atoms with Crippen molar-refractivity contribution < 1.29 is 36.4 Å². The van der Waals surface area contributed by atoms with Gasteiger partial charge in [-0.2, -0.15) is 22.0 Å². The van der Waals surface area contributed by atoms with E-state index in [2.05, 4.69) is 10.2 Å². The van der Waals surface area contributed by atoms with Gasteiger partial charge in [0.15, 0.2) is 0 Å². The molecule has 2 N–H and O–H groups in total. The van der Waals surface area contributed by atoms with Crippen LogP contribution in [-0.2, 0) is 6.18 Å². The Morgan fingerprint density at radius 1 is 1.15 bits per heavy atom. The van der Waals surface area contributed by atoms with Crippen molar-refractivity contribution in [2.75, 3.05) is 5.43 Å². The van der Waals surface area contributed by atoms with Gasteiger partial charge in [-0.05, 0) is 24.3 Å². The van der Waals surface area contributed by atoms with Crippen LogP contribution in [0.5, 0.6) is 5.75 Å². The molecule has 0 unspecified atom stereocenters. The molecular formula is C15H10F5N3O4. The number of para-hydroxylation sites is 1. The highest BCUT2D eigenvalue weighted by Gasteiger charge is 2.33. The number of anilines is 1. The van der Waals surface area contributed by atoms with Crippen LogP contribution in [0.25, 0.3) is 0 Å². The van der Waals surface area contributed by atoms with Crippen molar-refractivity contribution >= 4 is 17.3 Å². The van der Waals surface area contributed by atoms with Crippen LogP contribution in [0.1, 0.15) is 15.9 Å². The molecule has 0 saturated carbocycles. The fraction of sp³-hybridized carbons (Fsp3) is 0.133. The van der Waals surface area contributed by atoms with Crippen molar-refractivity contribution in [3.63, 3.8) is 0 Å². The number of alkyl halides is 5. The van der Waals surface area contributed by atoms with Gasteiger partial charge in [0.25, 0.3) is 11.6 Å². The summed E-state index contributed by atoms with van der Waals surface area (Å²) < 4.78 is 66.9. The van der Waals surface area contributed by atoms with Gasteiger partial charge < -0.3 is 4.74 Å². The van der Waals surface area contributed by atoms with Crippen LogP contribution in [0, 0.1) is 10.1 Å². The number of hydrazine groups is 1. The zero-order chi connectivity index (χ0) is 20.2. The summed E-state index contributed by atoms with van der Waals surface area (Å²) in [5, 5.41) is 11.0. The van der Waals surface area contributed by atoms with Crippen molar-refractivity contribution in [3.05, 3.63) is 63.7 Å². The molecule has 12 heteroatoms. The Kier molecular flexibility index (Phi) is 5.78. The molecule has 27 heavy (non-hydrogen) atoms. The average Bonchev–Trinajstić information content (AvgIpc) is 2.58. The summed E-state index contributed by atoms with van der Waals surface area (Å²) in [6.07, 6.45) is -4.79. The van der Waals surface area contributed by atoms with E-state index in [0.29, 0.717) is 12.1 Å². The second-order valence-corrected chi connectivity index (χ2v) is 4.94. The smallest absolute Gasteiger partial charge is 0.416 e. The molecule has 0 radical (unpaired) electrons. The van der Waals surface area contributed by atoms with Crippen LogP contribution < -0.4 is 15.6 Å². The number of amides is 1. The highest BCUT2D eigenvalue weighted by Crippen LogP contribution is 2.34. The SMILES string of the molecule is O=C(NNc1ccc(C(F)(F)F)cc1[N+](=O)[O-])c1ccccc1OC(F)F. The lowest BCUT2D eigenvalue weighted by Gasteiger charge is -2.13. The Labute approximate surface area is 147 Å². The standard InChI is InChI=1S/C15H10F5N3O4/c16-14(17)27-12-4-2-1-3-9(12)13(24)22-21-10-6-5-8(15(18,19)20)7-11(10)23(25)26/h1-7,14,21H,(H,22,24). The summed E-state index contributed by atoms with van der Waals surface area (Å²) in [4.78, 5) is 22.0. The van der Waals surface area contributed by atoms with E-state index in [-0.39, 0.29) is 5.56 Å². The molecule has 0 bridgehead atoms. The van der Waals surface area contributed by atoms with Crippen molar-refractivity contribution in [2.45, 2.75) is 12.8 Å². The van der Waals surface area contributed by atoms with Crippen LogP contribution in [0.3, 0.4) is 0 Å². The number of hydrogen-bond acceptors (Lipinski definition) is 5. The van der Waals surface area contributed by atoms with Gasteiger partial charge in [-0.1, -0.05) is 12.1 Å². The van der Waals surface area contributed by atoms with Crippen molar-refractivity contribution in [2.24, 2.45) is 0 Å². The molecule has 0 fully saturated rings. The largest absolute Gasteiger partial charge is 0.434 e. The van der Waals surface area contributed by atoms with E-state index in [9.17, 15) is 36.9 Å². The second kappa shape index (κ2) is 7.85. The highest BCUT2D eigenvalue weighted by atomic mass is 19.4. The number of benzene rings is 2. The lowest BCUT2D eigenvalue weighted by molar-refractivity contribution is -0.384. The minimum Gasteiger partial charge on any atom is -0.434 e. The number of halogens is 5. The summed E-state index contributed by atoms with van der Waals surface area (Å²) in [5.41, 5.74) is 1.14. The van der Waals surface area contributed by atoms with Crippen molar-refractivity contribution in [1.29, 1.82) is 0 Å². The van der Waals surface area contributed by atoms with Gasteiger partial charge in [-0.3, -0.25) is 25.8 Å². The van der Waals surface area contributed by atoms with Crippen LogP contribution in [0.2, 0.25) is 0 Å². The summed E-state index contributed by atoms with van der Waals surface area (Å²) in [7, 11) is 0.